The van der Waals surface area contributed by atoms with E-state index in [1.54, 1.807) is 42.6 Å². The number of carbonyl (C=O) groups is 1. The predicted octanol–water partition coefficient (Wildman–Crippen LogP) is -0.419. The molecular formula is C14H18N6O2. The van der Waals surface area contributed by atoms with Gasteiger partial charge in [-0.3, -0.25) is 4.79 Å². The quantitative estimate of drug-likeness (QED) is 0.796. The Hall–Kier alpha value is -2.48. The highest BCUT2D eigenvalue weighted by molar-refractivity contribution is 5.92. The van der Waals surface area contributed by atoms with E-state index in [9.17, 15) is 9.90 Å². The smallest absolute Gasteiger partial charge is 0.271 e. The number of aromatic nitrogens is 4. The van der Waals surface area contributed by atoms with Gasteiger partial charge in [0.05, 0.1) is 12.9 Å². The summed E-state index contributed by atoms with van der Waals surface area (Å²) in [5, 5.41) is 13.3. The molecule has 1 fully saturated rings. The van der Waals surface area contributed by atoms with Gasteiger partial charge in [0.1, 0.15) is 11.3 Å². The molecule has 22 heavy (non-hydrogen) atoms. The molecule has 2 N–H and O–H groups in total. The molecule has 1 aliphatic rings. The molecule has 2 aromatic heterocycles. The molecule has 0 saturated carbocycles. The summed E-state index contributed by atoms with van der Waals surface area (Å²) in [5.74, 6) is 0.304. The van der Waals surface area contributed by atoms with Crippen LogP contribution in [0.15, 0.2) is 31.0 Å². The van der Waals surface area contributed by atoms with Gasteiger partial charge < -0.3 is 19.9 Å². The number of hydrogen-bond donors (Lipinski definition) is 2. The number of anilines is 1. The lowest BCUT2D eigenvalue weighted by atomic mass is 10.0. The lowest BCUT2D eigenvalue weighted by Crippen LogP contribution is -2.45. The van der Waals surface area contributed by atoms with Crippen molar-refractivity contribution in [1.29, 1.82) is 0 Å². The molecule has 1 aliphatic heterocycles. The third-order valence-electron chi connectivity index (χ3n) is 3.68. The first-order valence-electron chi connectivity index (χ1n) is 7.06. The van der Waals surface area contributed by atoms with E-state index in [1.165, 1.54) is 0 Å². The molecular weight excluding hydrogens is 284 g/mol. The van der Waals surface area contributed by atoms with Gasteiger partial charge in [-0.1, -0.05) is 0 Å². The lowest BCUT2D eigenvalue weighted by molar-refractivity contribution is 0.0574. The van der Waals surface area contributed by atoms with Gasteiger partial charge in [0, 0.05) is 38.7 Å². The van der Waals surface area contributed by atoms with Gasteiger partial charge in [0.15, 0.2) is 0 Å². The molecule has 8 nitrogen and oxygen atoms in total. The topological polar surface area (TPSA) is 96.2 Å². The molecule has 0 radical (unpaired) electrons. The molecule has 3 heterocycles. The fourth-order valence-corrected chi connectivity index (χ4v) is 2.49. The summed E-state index contributed by atoms with van der Waals surface area (Å²) in [4.78, 5) is 26.2. The van der Waals surface area contributed by atoms with Gasteiger partial charge in [-0.25, -0.2) is 15.0 Å². The van der Waals surface area contributed by atoms with Crippen molar-refractivity contribution in [3.63, 3.8) is 0 Å². The number of carbonyl (C=O) groups excluding carboxylic acids is 1. The van der Waals surface area contributed by atoms with Crippen LogP contribution in [0.2, 0.25) is 0 Å². The van der Waals surface area contributed by atoms with E-state index in [-0.39, 0.29) is 12.5 Å². The van der Waals surface area contributed by atoms with E-state index < -0.39 is 5.60 Å². The monoisotopic (exact) mass is 302 g/mol. The van der Waals surface area contributed by atoms with Gasteiger partial charge in [-0.05, 0) is 12.5 Å². The first-order chi connectivity index (χ1) is 10.6. The van der Waals surface area contributed by atoms with Gasteiger partial charge >= 0.3 is 0 Å². The van der Waals surface area contributed by atoms with Crippen LogP contribution in [0.1, 0.15) is 16.9 Å². The van der Waals surface area contributed by atoms with Gasteiger partial charge in [0.25, 0.3) is 5.91 Å². The molecule has 116 valence electrons. The van der Waals surface area contributed by atoms with Crippen molar-refractivity contribution in [2.24, 2.45) is 7.05 Å². The summed E-state index contributed by atoms with van der Waals surface area (Å²) < 4.78 is 1.70. The van der Waals surface area contributed by atoms with Crippen molar-refractivity contribution in [1.82, 2.24) is 24.8 Å². The second-order valence-electron chi connectivity index (χ2n) is 5.55. The Labute approximate surface area is 127 Å². The minimum absolute atomic E-state index is 0.172. The average molecular weight is 302 g/mol. The molecule has 0 aliphatic carbocycles. The summed E-state index contributed by atoms with van der Waals surface area (Å²) >= 11 is 0. The van der Waals surface area contributed by atoms with E-state index in [1.807, 2.05) is 4.90 Å². The highest BCUT2D eigenvalue weighted by Gasteiger charge is 2.37. The van der Waals surface area contributed by atoms with Gasteiger partial charge in [0.2, 0.25) is 5.95 Å². The SMILES string of the molecule is Cn1cnc(C(=O)NC[C@]2(O)CCN(c3ncccn3)C2)c1. The molecule has 1 atom stereocenters. The van der Waals surface area contributed by atoms with Gasteiger partial charge in [-0.2, -0.15) is 0 Å². The summed E-state index contributed by atoms with van der Waals surface area (Å²) in [6.07, 6.45) is 7.09. The largest absolute Gasteiger partial charge is 0.386 e. The minimum Gasteiger partial charge on any atom is -0.386 e. The molecule has 0 spiro atoms. The Kier molecular flexibility index (Phi) is 3.76. The predicted molar refractivity (Wildman–Crippen MR) is 79.4 cm³/mol. The zero-order valence-corrected chi connectivity index (χ0v) is 12.3. The first-order valence-corrected chi connectivity index (χ1v) is 7.06. The summed E-state index contributed by atoms with van der Waals surface area (Å²) in [7, 11) is 1.80. The number of β-amino-alcohol motifs (C(OH)–C–C–N with tert-alkyl or cyclic N) is 1. The van der Waals surface area contributed by atoms with Crippen LogP contribution in [0, 0.1) is 0 Å². The number of nitrogens with one attached hydrogen (secondary N) is 1. The number of aliphatic hydroxyl groups is 1. The van der Waals surface area contributed by atoms with Crippen molar-refractivity contribution in [2.45, 2.75) is 12.0 Å². The Balaban J connectivity index is 1.58. The first kappa shape index (κ1) is 14.5. The van der Waals surface area contributed by atoms with Crippen molar-refractivity contribution >= 4 is 11.9 Å². The Morgan fingerprint density at radius 1 is 1.41 bits per heavy atom. The molecule has 3 rings (SSSR count). The highest BCUT2D eigenvalue weighted by Crippen LogP contribution is 2.23. The van der Waals surface area contributed by atoms with Crippen LogP contribution in [0.25, 0.3) is 0 Å². The molecule has 0 bridgehead atoms. The van der Waals surface area contributed by atoms with Crippen molar-refractivity contribution < 1.29 is 9.90 Å². The maximum Gasteiger partial charge on any atom is 0.271 e. The van der Waals surface area contributed by atoms with E-state index in [4.69, 9.17) is 0 Å². The molecule has 2 aromatic rings. The second kappa shape index (κ2) is 5.72. The standard InChI is InChI=1S/C14H18N6O2/c1-19-7-11(18-10-19)12(21)17-8-14(22)3-6-20(9-14)13-15-4-2-5-16-13/h2,4-5,7,10,22H,3,6,8-9H2,1H3,(H,17,21)/t14-/m1/s1. The van der Waals surface area contributed by atoms with Crippen LogP contribution < -0.4 is 10.2 Å². The Morgan fingerprint density at radius 2 is 2.18 bits per heavy atom. The summed E-state index contributed by atoms with van der Waals surface area (Å²) in [5.41, 5.74) is -0.642. The molecule has 0 aromatic carbocycles. The summed E-state index contributed by atoms with van der Waals surface area (Å²) in [6, 6.07) is 1.75. The van der Waals surface area contributed by atoms with Crippen LogP contribution >= 0.6 is 0 Å². The number of nitrogens with zero attached hydrogens (tertiary/aromatic N) is 5. The third-order valence-corrected chi connectivity index (χ3v) is 3.68. The number of amides is 1. The van der Waals surface area contributed by atoms with Crippen LogP contribution in [0.3, 0.4) is 0 Å². The number of imidazole rings is 1. The normalized spacial score (nSPS) is 21.1. The Bertz CT molecular complexity index is 658. The third kappa shape index (κ3) is 3.06. The van der Waals surface area contributed by atoms with Crippen LogP contribution in [-0.4, -0.2) is 55.8 Å². The van der Waals surface area contributed by atoms with E-state index in [2.05, 4.69) is 20.3 Å². The molecule has 1 amide bonds. The fraction of sp³-hybridized carbons (Fsp3) is 0.429. The van der Waals surface area contributed by atoms with Gasteiger partial charge in [-0.15, -0.1) is 0 Å². The number of aryl methyl sites for hydroxylation is 1. The maximum atomic E-state index is 12.0. The van der Waals surface area contributed by atoms with Crippen molar-refractivity contribution in [3.05, 3.63) is 36.7 Å². The van der Waals surface area contributed by atoms with E-state index in [0.717, 1.165) is 0 Å². The second-order valence-corrected chi connectivity index (χ2v) is 5.55. The molecule has 0 unspecified atom stereocenters. The zero-order chi connectivity index (χ0) is 15.6. The average Bonchev–Trinajstić information content (AvgIpc) is 3.13. The minimum atomic E-state index is -0.982. The van der Waals surface area contributed by atoms with Crippen molar-refractivity contribution in [2.75, 3.05) is 24.5 Å². The maximum absolute atomic E-state index is 12.0. The molecule has 1 saturated heterocycles. The summed E-state index contributed by atoms with van der Waals surface area (Å²) in [6.45, 7) is 1.21. The van der Waals surface area contributed by atoms with Crippen LogP contribution in [0.5, 0.6) is 0 Å². The zero-order valence-electron chi connectivity index (χ0n) is 12.3. The van der Waals surface area contributed by atoms with E-state index in [0.29, 0.717) is 31.2 Å². The van der Waals surface area contributed by atoms with Crippen molar-refractivity contribution in [3.8, 4) is 0 Å². The fourth-order valence-electron chi connectivity index (χ4n) is 2.49. The Morgan fingerprint density at radius 3 is 2.86 bits per heavy atom. The number of rotatable bonds is 4. The highest BCUT2D eigenvalue weighted by atomic mass is 16.3. The lowest BCUT2D eigenvalue weighted by Gasteiger charge is -2.23. The number of hydrogen-bond acceptors (Lipinski definition) is 6. The van der Waals surface area contributed by atoms with Crippen LogP contribution in [-0.2, 0) is 7.05 Å². The molecule has 8 heteroatoms. The van der Waals surface area contributed by atoms with Crippen LogP contribution in [0.4, 0.5) is 5.95 Å². The van der Waals surface area contributed by atoms with E-state index >= 15 is 0 Å².